The largest absolute Gasteiger partial charge is 0.352 e. The standard InChI is InChI=1S/C20H29N5S/c1-3-18-12-22-19(26-18)13-23-20(21-2)24-17-10-7-11-25(15-17)14-16-8-5-4-6-9-16/h4-6,8-9,12,17H,3,7,10-11,13-15H2,1-2H3,(H2,21,23,24). The van der Waals surface area contributed by atoms with E-state index in [4.69, 9.17) is 0 Å². The molecule has 2 aromatic rings. The summed E-state index contributed by atoms with van der Waals surface area (Å²) in [6, 6.07) is 11.1. The quantitative estimate of drug-likeness (QED) is 0.605. The molecule has 5 nitrogen and oxygen atoms in total. The van der Waals surface area contributed by atoms with E-state index >= 15 is 0 Å². The van der Waals surface area contributed by atoms with Gasteiger partial charge in [0, 0.05) is 37.3 Å². The third kappa shape index (κ3) is 5.54. The number of aliphatic imine (C=N–C) groups is 1. The van der Waals surface area contributed by atoms with E-state index in [0.717, 1.165) is 43.6 Å². The minimum absolute atomic E-state index is 0.432. The Kier molecular flexibility index (Phi) is 7.03. The summed E-state index contributed by atoms with van der Waals surface area (Å²) >= 11 is 1.77. The molecule has 0 saturated carbocycles. The Labute approximate surface area is 160 Å². The lowest BCUT2D eigenvalue weighted by molar-refractivity contribution is 0.192. The Balaban J connectivity index is 1.48. The van der Waals surface area contributed by atoms with Crippen LogP contribution in [0.1, 0.15) is 35.2 Å². The van der Waals surface area contributed by atoms with Crippen LogP contribution in [0.5, 0.6) is 0 Å². The van der Waals surface area contributed by atoms with Gasteiger partial charge in [-0.2, -0.15) is 0 Å². The Hall–Kier alpha value is -1.92. The SMILES string of the molecule is CCc1cnc(CNC(=NC)NC2CCCN(Cc3ccccc3)C2)s1. The number of nitrogens with zero attached hydrogens (tertiary/aromatic N) is 3. The summed E-state index contributed by atoms with van der Waals surface area (Å²) in [6.45, 7) is 6.12. The molecule has 26 heavy (non-hydrogen) atoms. The third-order valence-corrected chi connectivity index (χ3v) is 5.82. The van der Waals surface area contributed by atoms with Crippen molar-refractivity contribution >= 4 is 17.3 Å². The van der Waals surface area contributed by atoms with Gasteiger partial charge >= 0.3 is 0 Å². The summed E-state index contributed by atoms with van der Waals surface area (Å²) in [5, 5.41) is 8.10. The van der Waals surface area contributed by atoms with E-state index in [1.54, 1.807) is 11.3 Å². The number of hydrogen-bond acceptors (Lipinski definition) is 4. The van der Waals surface area contributed by atoms with Gasteiger partial charge in [0.1, 0.15) is 5.01 Å². The van der Waals surface area contributed by atoms with Gasteiger partial charge in [0.05, 0.1) is 6.54 Å². The first kappa shape index (κ1) is 18.9. The molecule has 0 radical (unpaired) electrons. The van der Waals surface area contributed by atoms with Crippen LogP contribution >= 0.6 is 11.3 Å². The lowest BCUT2D eigenvalue weighted by Gasteiger charge is -2.33. The molecule has 1 saturated heterocycles. The molecule has 1 unspecified atom stereocenters. The van der Waals surface area contributed by atoms with Gasteiger partial charge in [-0.1, -0.05) is 37.3 Å². The molecule has 1 aliphatic rings. The number of nitrogens with one attached hydrogen (secondary N) is 2. The molecule has 1 aromatic carbocycles. The van der Waals surface area contributed by atoms with Gasteiger partial charge in [0.2, 0.25) is 0 Å². The van der Waals surface area contributed by atoms with Gasteiger partial charge < -0.3 is 10.6 Å². The Morgan fingerprint density at radius 3 is 2.92 bits per heavy atom. The summed E-state index contributed by atoms with van der Waals surface area (Å²) in [5.41, 5.74) is 1.38. The minimum atomic E-state index is 0.432. The van der Waals surface area contributed by atoms with E-state index in [1.165, 1.54) is 23.3 Å². The molecule has 2 heterocycles. The average molecular weight is 372 g/mol. The van der Waals surface area contributed by atoms with Gasteiger partial charge in [-0.15, -0.1) is 11.3 Å². The molecule has 1 aromatic heterocycles. The molecular weight excluding hydrogens is 342 g/mol. The lowest BCUT2D eigenvalue weighted by atomic mass is 10.0. The molecule has 0 amide bonds. The third-order valence-electron chi connectivity index (χ3n) is 4.68. The van der Waals surface area contributed by atoms with Crippen molar-refractivity contribution in [3.63, 3.8) is 0 Å². The second kappa shape index (κ2) is 9.69. The molecule has 3 rings (SSSR count). The van der Waals surface area contributed by atoms with Gasteiger partial charge in [-0.25, -0.2) is 4.98 Å². The maximum absolute atomic E-state index is 4.46. The fourth-order valence-corrected chi connectivity index (χ4v) is 4.10. The summed E-state index contributed by atoms with van der Waals surface area (Å²) in [4.78, 5) is 12.7. The van der Waals surface area contributed by atoms with Crippen molar-refractivity contribution in [2.75, 3.05) is 20.1 Å². The molecule has 0 spiro atoms. The number of benzene rings is 1. The van der Waals surface area contributed by atoms with E-state index in [1.807, 2.05) is 13.2 Å². The Bertz CT molecular complexity index is 697. The van der Waals surface area contributed by atoms with Crippen LogP contribution in [0.2, 0.25) is 0 Å². The first-order valence-corrected chi connectivity index (χ1v) is 10.3. The Morgan fingerprint density at radius 2 is 2.19 bits per heavy atom. The van der Waals surface area contributed by atoms with Crippen molar-refractivity contribution in [2.45, 2.75) is 45.3 Å². The van der Waals surface area contributed by atoms with Crippen LogP contribution in [0.15, 0.2) is 41.5 Å². The molecule has 1 aliphatic heterocycles. The van der Waals surface area contributed by atoms with Crippen molar-refractivity contribution in [1.29, 1.82) is 0 Å². The number of guanidine groups is 1. The summed E-state index contributed by atoms with van der Waals surface area (Å²) < 4.78 is 0. The van der Waals surface area contributed by atoms with E-state index in [-0.39, 0.29) is 0 Å². The summed E-state index contributed by atoms with van der Waals surface area (Å²) in [6.07, 6.45) is 5.42. The maximum atomic E-state index is 4.46. The van der Waals surface area contributed by atoms with Gasteiger partial charge in [-0.3, -0.25) is 9.89 Å². The molecule has 1 atom stereocenters. The number of thiazole rings is 1. The maximum Gasteiger partial charge on any atom is 0.191 e. The van der Waals surface area contributed by atoms with Crippen molar-refractivity contribution < 1.29 is 0 Å². The topological polar surface area (TPSA) is 52.6 Å². The molecule has 140 valence electrons. The van der Waals surface area contributed by atoms with Crippen LogP contribution in [0, 0.1) is 0 Å². The molecule has 0 bridgehead atoms. The number of hydrogen-bond donors (Lipinski definition) is 2. The number of rotatable bonds is 6. The van der Waals surface area contributed by atoms with E-state index in [9.17, 15) is 0 Å². The molecule has 1 fully saturated rings. The lowest BCUT2D eigenvalue weighted by Crippen LogP contribution is -2.50. The van der Waals surface area contributed by atoms with E-state index in [0.29, 0.717) is 6.04 Å². The zero-order valence-electron chi connectivity index (χ0n) is 15.7. The minimum Gasteiger partial charge on any atom is -0.352 e. The summed E-state index contributed by atoms with van der Waals surface area (Å²) in [7, 11) is 1.83. The number of piperidine rings is 1. The second-order valence-electron chi connectivity index (χ2n) is 6.70. The van der Waals surface area contributed by atoms with Crippen molar-refractivity contribution in [1.82, 2.24) is 20.5 Å². The number of likely N-dealkylation sites (tertiary alicyclic amines) is 1. The fraction of sp³-hybridized carbons (Fsp3) is 0.500. The van der Waals surface area contributed by atoms with E-state index < -0.39 is 0 Å². The van der Waals surface area contributed by atoms with Crippen LogP contribution in [0.4, 0.5) is 0 Å². The van der Waals surface area contributed by atoms with Crippen LogP contribution in [-0.2, 0) is 19.5 Å². The zero-order valence-corrected chi connectivity index (χ0v) is 16.6. The van der Waals surface area contributed by atoms with Crippen LogP contribution < -0.4 is 10.6 Å². The smallest absolute Gasteiger partial charge is 0.191 e. The monoisotopic (exact) mass is 371 g/mol. The number of aryl methyl sites for hydroxylation is 1. The fourth-order valence-electron chi connectivity index (χ4n) is 3.30. The predicted molar refractivity (Wildman–Crippen MR) is 110 cm³/mol. The highest BCUT2D eigenvalue weighted by Crippen LogP contribution is 2.14. The van der Waals surface area contributed by atoms with Crippen LogP contribution in [-0.4, -0.2) is 42.0 Å². The van der Waals surface area contributed by atoms with E-state index in [2.05, 4.69) is 62.8 Å². The first-order chi connectivity index (χ1) is 12.8. The van der Waals surface area contributed by atoms with Crippen molar-refractivity contribution in [3.05, 3.63) is 52.0 Å². The first-order valence-electron chi connectivity index (χ1n) is 9.44. The molecular formula is C20H29N5S. The molecule has 0 aliphatic carbocycles. The van der Waals surface area contributed by atoms with Crippen molar-refractivity contribution in [2.24, 2.45) is 4.99 Å². The predicted octanol–water partition coefficient (Wildman–Crippen LogP) is 3.04. The number of aromatic nitrogens is 1. The van der Waals surface area contributed by atoms with Crippen LogP contribution in [0.25, 0.3) is 0 Å². The zero-order chi connectivity index (χ0) is 18.2. The summed E-state index contributed by atoms with van der Waals surface area (Å²) in [5.74, 6) is 0.866. The molecule has 6 heteroatoms. The van der Waals surface area contributed by atoms with Gasteiger partial charge in [0.15, 0.2) is 5.96 Å². The van der Waals surface area contributed by atoms with Crippen molar-refractivity contribution in [3.8, 4) is 0 Å². The highest BCUT2D eigenvalue weighted by molar-refractivity contribution is 7.11. The van der Waals surface area contributed by atoms with Crippen LogP contribution in [0.3, 0.4) is 0 Å². The highest BCUT2D eigenvalue weighted by Gasteiger charge is 2.20. The second-order valence-corrected chi connectivity index (χ2v) is 7.90. The van der Waals surface area contributed by atoms with Gasteiger partial charge in [-0.05, 0) is 31.4 Å². The van der Waals surface area contributed by atoms with Gasteiger partial charge in [0.25, 0.3) is 0 Å². The molecule has 2 N–H and O–H groups in total. The Morgan fingerprint density at radius 1 is 1.35 bits per heavy atom. The highest BCUT2D eigenvalue weighted by atomic mass is 32.1. The average Bonchev–Trinajstić information content (AvgIpc) is 3.14. The normalized spacial score (nSPS) is 18.7.